The predicted molar refractivity (Wildman–Crippen MR) is 132 cm³/mol. The van der Waals surface area contributed by atoms with Crippen molar-refractivity contribution in [3.8, 4) is 0 Å². The van der Waals surface area contributed by atoms with Crippen LogP contribution in [0.25, 0.3) is 11.1 Å². The molecule has 0 aromatic carbocycles. The molecule has 4 N–H and O–H groups in total. The lowest BCUT2D eigenvalue weighted by atomic mass is 9.81. The van der Waals surface area contributed by atoms with E-state index in [1.54, 1.807) is 18.6 Å². The van der Waals surface area contributed by atoms with E-state index in [4.69, 9.17) is 10.7 Å². The maximum absolute atomic E-state index is 12.8. The molecule has 4 heterocycles. The number of aromatic nitrogens is 4. The number of nitrogens with one attached hydrogen (secondary N) is 2. The van der Waals surface area contributed by atoms with Crippen LogP contribution in [0.2, 0.25) is 0 Å². The summed E-state index contributed by atoms with van der Waals surface area (Å²) in [5.41, 5.74) is 9.89. The molecule has 0 bridgehead atoms. The smallest absolute Gasteiger partial charge is 0.227 e. The van der Waals surface area contributed by atoms with Crippen LogP contribution in [-0.2, 0) is 4.79 Å². The summed E-state index contributed by atoms with van der Waals surface area (Å²) in [5, 5.41) is 6.35. The average molecular weight is 454 g/mol. The molecule has 3 aromatic heterocycles. The van der Waals surface area contributed by atoms with Crippen LogP contribution in [0.3, 0.4) is 0 Å². The van der Waals surface area contributed by atoms with Gasteiger partial charge in [0.05, 0.1) is 23.6 Å². The van der Waals surface area contributed by atoms with Gasteiger partial charge in [-0.25, -0.2) is 9.97 Å². The highest BCUT2D eigenvalue weighted by atomic mass is 16.1. The molecule has 0 spiro atoms. The highest BCUT2D eigenvalue weighted by Gasteiger charge is 2.31. The van der Waals surface area contributed by atoms with Crippen molar-refractivity contribution in [2.75, 3.05) is 11.1 Å². The second kappa shape index (κ2) is 8.44. The number of fused-ring (bicyclic) bond motifs is 2. The highest BCUT2D eigenvalue weighted by Crippen LogP contribution is 2.39. The number of allylic oxidation sites excluding steroid dienone is 2. The number of anilines is 2. The zero-order valence-corrected chi connectivity index (χ0v) is 18.8. The van der Waals surface area contributed by atoms with E-state index in [0.29, 0.717) is 17.8 Å². The van der Waals surface area contributed by atoms with Gasteiger partial charge in [0.25, 0.3) is 0 Å². The summed E-state index contributed by atoms with van der Waals surface area (Å²) < 4.78 is 2.10. The SMILES string of the molecule is Nc1nccn2c(C3CCC(C(=O)Nc4cccnc4)CC3)nc(C3=CC4C=CNC4C=C3)c12. The minimum Gasteiger partial charge on any atom is -0.384 e. The molecule has 3 aliphatic rings. The van der Waals surface area contributed by atoms with Crippen LogP contribution in [0.1, 0.15) is 43.1 Å². The van der Waals surface area contributed by atoms with E-state index in [2.05, 4.69) is 49.3 Å². The molecule has 8 nitrogen and oxygen atoms in total. The molecule has 6 rings (SSSR count). The van der Waals surface area contributed by atoms with E-state index in [1.165, 1.54) is 0 Å². The third kappa shape index (κ3) is 3.65. The fourth-order valence-corrected chi connectivity index (χ4v) is 5.35. The second-order valence-electron chi connectivity index (χ2n) is 9.24. The van der Waals surface area contributed by atoms with Crippen molar-refractivity contribution in [1.82, 2.24) is 24.7 Å². The van der Waals surface area contributed by atoms with Gasteiger partial charge in [0.15, 0.2) is 0 Å². The summed E-state index contributed by atoms with van der Waals surface area (Å²) in [4.78, 5) is 26.3. The average Bonchev–Trinajstić information content (AvgIpc) is 3.50. The largest absolute Gasteiger partial charge is 0.384 e. The van der Waals surface area contributed by atoms with Gasteiger partial charge >= 0.3 is 0 Å². The Morgan fingerprint density at radius 1 is 1.18 bits per heavy atom. The number of hydrogen-bond donors (Lipinski definition) is 3. The van der Waals surface area contributed by atoms with E-state index in [9.17, 15) is 4.79 Å². The molecule has 1 saturated carbocycles. The minimum atomic E-state index is -0.00328. The Morgan fingerprint density at radius 3 is 2.88 bits per heavy atom. The molecule has 2 atom stereocenters. The number of rotatable bonds is 4. The van der Waals surface area contributed by atoms with Crippen molar-refractivity contribution in [1.29, 1.82) is 0 Å². The Balaban J connectivity index is 1.25. The first-order valence-electron chi connectivity index (χ1n) is 11.8. The summed E-state index contributed by atoms with van der Waals surface area (Å²) in [6, 6.07) is 3.99. The molecule has 0 saturated heterocycles. The van der Waals surface area contributed by atoms with Gasteiger partial charge in [-0.05, 0) is 49.6 Å². The molecule has 1 aliphatic heterocycles. The van der Waals surface area contributed by atoms with Gasteiger partial charge in [-0.15, -0.1) is 0 Å². The van der Waals surface area contributed by atoms with Crippen molar-refractivity contribution in [2.45, 2.75) is 37.6 Å². The topological polar surface area (TPSA) is 110 Å². The number of hydrogen-bond acceptors (Lipinski definition) is 6. The van der Waals surface area contributed by atoms with E-state index < -0.39 is 0 Å². The van der Waals surface area contributed by atoms with Crippen molar-refractivity contribution >= 4 is 28.5 Å². The molecule has 3 aromatic rings. The van der Waals surface area contributed by atoms with Crippen LogP contribution in [-0.4, -0.2) is 31.3 Å². The summed E-state index contributed by atoms with van der Waals surface area (Å²) in [5.74, 6) is 2.13. The number of nitrogen functional groups attached to an aromatic ring is 1. The molecular weight excluding hydrogens is 426 g/mol. The molecule has 172 valence electrons. The zero-order chi connectivity index (χ0) is 23.1. The molecule has 8 heteroatoms. The maximum atomic E-state index is 12.8. The lowest BCUT2D eigenvalue weighted by Gasteiger charge is -2.27. The first kappa shape index (κ1) is 20.7. The van der Waals surface area contributed by atoms with Crippen molar-refractivity contribution in [2.24, 2.45) is 11.8 Å². The highest BCUT2D eigenvalue weighted by molar-refractivity contribution is 5.92. The number of pyridine rings is 1. The van der Waals surface area contributed by atoms with Gasteiger partial charge in [-0.2, -0.15) is 0 Å². The Hall–Kier alpha value is -3.94. The third-order valence-corrected chi connectivity index (χ3v) is 7.15. The standard InChI is InChI=1S/C26H27N7O/c27-24-23-22(19-7-8-21-18(14-19)9-11-29-21)32-25(33(23)13-12-30-24)16-3-5-17(6-4-16)26(34)31-20-2-1-10-28-15-20/h1-2,7-18,21,29H,3-6H2,(H2,27,30)(H,31,34). The van der Waals surface area contributed by atoms with Crippen LogP contribution in [0, 0.1) is 11.8 Å². The summed E-state index contributed by atoms with van der Waals surface area (Å²) >= 11 is 0. The van der Waals surface area contributed by atoms with Crippen LogP contribution in [0.15, 0.2) is 67.4 Å². The van der Waals surface area contributed by atoms with Crippen molar-refractivity contribution in [3.05, 3.63) is 78.9 Å². The van der Waals surface area contributed by atoms with Gasteiger partial charge in [-0.3, -0.25) is 14.2 Å². The van der Waals surface area contributed by atoms with Crippen LogP contribution >= 0.6 is 0 Å². The first-order chi connectivity index (χ1) is 16.7. The molecular formula is C26H27N7O. The van der Waals surface area contributed by atoms with E-state index in [-0.39, 0.29) is 17.7 Å². The van der Waals surface area contributed by atoms with Crippen molar-refractivity contribution in [3.63, 3.8) is 0 Å². The van der Waals surface area contributed by atoms with Gasteiger partial charge in [0.2, 0.25) is 5.91 Å². The number of carbonyl (C=O) groups excluding carboxylic acids is 1. The summed E-state index contributed by atoms with van der Waals surface area (Å²) in [6.45, 7) is 0. The normalized spacial score (nSPS) is 25.6. The number of carbonyl (C=O) groups is 1. The molecule has 2 aliphatic carbocycles. The second-order valence-corrected chi connectivity index (χ2v) is 9.24. The summed E-state index contributed by atoms with van der Waals surface area (Å²) in [7, 11) is 0. The van der Waals surface area contributed by atoms with E-state index >= 15 is 0 Å². The fourth-order valence-electron chi connectivity index (χ4n) is 5.35. The fraction of sp³-hybridized carbons (Fsp3) is 0.308. The van der Waals surface area contributed by atoms with Crippen LogP contribution in [0.5, 0.6) is 0 Å². The number of amides is 1. The Morgan fingerprint density at radius 2 is 2.06 bits per heavy atom. The van der Waals surface area contributed by atoms with Crippen LogP contribution < -0.4 is 16.4 Å². The molecule has 34 heavy (non-hydrogen) atoms. The van der Waals surface area contributed by atoms with E-state index in [1.807, 2.05) is 24.5 Å². The van der Waals surface area contributed by atoms with Crippen molar-refractivity contribution < 1.29 is 4.79 Å². The first-order valence-corrected chi connectivity index (χ1v) is 11.8. The Labute approximate surface area is 197 Å². The molecule has 0 radical (unpaired) electrons. The van der Waals surface area contributed by atoms with Gasteiger partial charge in [-0.1, -0.05) is 24.3 Å². The number of imidazole rings is 1. The van der Waals surface area contributed by atoms with Gasteiger partial charge < -0.3 is 16.4 Å². The Kier molecular flexibility index (Phi) is 5.13. The number of nitrogens with two attached hydrogens (primary N) is 1. The van der Waals surface area contributed by atoms with E-state index in [0.717, 1.165) is 54.0 Å². The zero-order valence-electron chi connectivity index (χ0n) is 18.8. The molecule has 1 amide bonds. The lowest BCUT2D eigenvalue weighted by molar-refractivity contribution is -0.120. The number of nitrogens with zero attached hydrogens (tertiary/aromatic N) is 4. The summed E-state index contributed by atoms with van der Waals surface area (Å²) in [6.07, 6.45) is 21.2. The quantitative estimate of drug-likeness (QED) is 0.556. The molecule has 1 fully saturated rings. The lowest BCUT2D eigenvalue weighted by Crippen LogP contribution is -2.27. The monoisotopic (exact) mass is 453 g/mol. The predicted octanol–water partition coefficient (Wildman–Crippen LogP) is 3.67. The Bertz CT molecular complexity index is 1320. The third-order valence-electron chi connectivity index (χ3n) is 7.15. The maximum Gasteiger partial charge on any atom is 0.227 e. The minimum absolute atomic E-state index is 0.00328. The van der Waals surface area contributed by atoms with Gasteiger partial charge in [0, 0.05) is 36.3 Å². The molecule has 2 unspecified atom stereocenters. The van der Waals surface area contributed by atoms with Crippen LogP contribution in [0.4, 0.5) is 11.5 Å². The van der Waals surface area contributed by atoms with Gasteiger partial charge in [0.1, 0.15) is 17.2 Å².